The first-order valence-electron chi connectivity index (χ1n) is 13.0. The molecule has 0 radical (unpaired) electrons. The Morgan fingerprint density at radius 2 is 1.95 bits per heavy atom. The fourth-order valence-electron chi connectivity index (χ4n) is 4.00. The van der Waals surface area contributed by atoms with Crippen molar-refractivity contribution in [2.45, 2.75) is 59.9 Å². The van der Waals surface area contributed by atoms with Crippen LogP contribution in [0.25, 0.3) is 0 Å². The molecule has 3 rings (SSSR count). The molecule has 1 aliphatic heterocycles. The summed E-state index contributed by atoms with van der Waals surface area (Å²) in [7, 11) is 0. The SMILES string of the molecule is C/C=C(\CCOc1ccc(CCC(=O)O)c2c1CCN(C(=O)c1cnccn1)C2)NC=O.C/C=C\C=C(C)C. The minimum Gasteiger partial charge on any atom is -0.493 e. The number of fused-ring (bicyclic) bond motifs is 1. The van der Waals surface area contributed by atoms with Gasteiger partial charge in [0.25, 0.3) is 5.91 Å². The zero-order valence-corrected chi connectivity index (χ0v) is 23.1. The summed E-state index contributed by atoms with van der Waals surface area (Å²) >= 11 is 0. The molecule has 2 heterocycles. The van der Waals surface area contributed by atoms with Gasteiger partial charge in [0.2, 0.25) is 6.41 Å². The van der Waals surface area contributed by atoms with Crippen molar-refractivity contribution in [3.05, 3.63) is 88.7 Å². The summed E-state index contributed by atoms with van der Waals surface area (Å²) < 4.78 is 6.01. The molecule has 9 heteroatoms. The number of aliphatic carboxylic acids is 1. The highest BCUT2D eigenvalue weighted by Crippen LogP contribution is 2.32. The number of hydrogen-bond donors (Lipinski definition) is 2. The molecule has 0 atom stereocenters. The minimum atomic E-state index is -0.871. The third-order valence-corrected chi connectivity index (χ3v) is 5.99. The maximum atomic E-state index is 12.9. The van der Waals surface area contributed by atoms with Crippen LogP contribution in [0.3, 0.4) is 0 Å². The van der Waals surface area contributed by atoms with Gasteiger partial charge in [-0.2, -0.15) is 0 Å². The van der Waals surface area contributed by atoms with Gasteiger partial charge in [-0.1, -0.05) is 35.9 Å². The van der Waals surface area contributed by atoms with Gasteiger partial charge in [0.15, 0.2) is 0 Å². The fraction of sp³-hybridized carbons (Fsp3) is 0.367. The maximum absolute atomic E-state index is 12.9. The van der Waals surface area contributed by atoms with Gasteiger partial charge in [-0.3, -0.25) is 19.4 Å². The number of carbonyl (C=O) groups is 3. The lowest BCUT2D eigenvalue weighted by Crippen LogP contribution is -2.37. The van der Waals surface area contributed by atoms with Gasteiger partial charge in [0, 0.05) is 49.6 Å². The van der Waals surface area contributed by atoms with E-state index in [0.717, 1.165) is 22.4 Å². The second-order valence-corrected chi connectivity index (χ2v) is 9.09. The van der Waals surface area contributed by atoms with Crippen molar-refractivity contribution in [3.63, 3.8) is 0 Å². The number of aromatic nitrogens is 2. The minimum absolute atomic E-state index is 0.00672. The molecule has 0 unspecified atom stereocenters. The number of nitrogens with one attached hydrogen (secondary N) is 1. The zero-order chi connectivity index (χ0) is 28.6. The molecule has 1 aromatic carbocycles. The Bertz CT molecular complexity index is 1200. The summed E-state index contributed by atoms with van der Waals surface area (Å²) in [5.74, 6) is -0.368. The smallest absolute Gasteiger partial charge is 0.303 e. The van der Waals surface area contributed by atoms with Crippen molar-refractivity contribution in [2.24, 2.45) is 0 Å². The summed E-state index contributed by atoms with van der Waals surface area (Å²) in [5.41, 5.74) is 5.19. The number of aryl methyl sites for hydroxylation is 1. The fourth-order valence-corrected chi connectivity index (χ4v) is 4.00. The number of rotatable bonds is 11. The van der Waals surface area contributed by atoms with E-state index in [0.29, 0.717) is 51.1 Å². The topological polar surface area (TPSA) is 122 Å². The average Bonchev–Trinajstić information content (AvgIpc) is 2.94. The Hall–Kier alpha value is -4.27. The first kappa shape index (κ1) is 31.0. The summed E-state index contributed by atoms with van der Waals surface area (Å²) in [4.78, 5) is 44.4. The van der Waals surface area contributed by atoms with Crippen LogP contribution in [0.4, 0.5) is 0 Å². The molecule has 0 bridgehead atoms. The second-order valence-electron chi connectivity index (χ2n) is 9.09. The molecule has 0 fully saturated rings. The lowest BCUT2D eigenvalue weighted by molar-refractivity contribution is -0.137. The van der Waals surface area contributed by atoms with Gasteiger partial charge < -0.3 is 20.1 Å². The van der Waals surface area contributed by atoms with E-state index in [1.54, 1.807) is 4.90 Å². The van der Waals surface area contributed by atoms with Crippen LogP contribution in [0.5, 0.6) is 5.75 Å². The van der Waals surface area contributed by atoms with Gasteiger partial charge in [-0.15, -0.1) is 0 Å². The van der Waals surface area contributed by atoms with Gasteiger partial charge in [0.1, 0.15) is 11.4 Å². The van der Waals surface area contributed by atoms with Crippen LogP contribution >= 0.6 is 0 Å². The first-order chi connectivity index (χ1) is 18.8. The largest absolute Gasteiger partial charge is 0.493 e. The lowest BCUT2D eigenvalue weighted by Gasteiger charge is -2.31. The number of carboxylic acid groups (broad SMARTS) is 1. The summed E-state index contributed by atoms with van der Waals surface area (Å²) in [6, 6.07) is 3.73. The van der Waals surface area contributed by atoms with Crippen LogP contribution in [-0.4, -0.2) is 51.4 Å². The number of carbonyl (C=O) groups excluding carboxylic acids is 2. The number of allylic oxidation sites excluding steroid dienone is 5. The highest BCUT2D eigenvalue weighted by Gasteiger charge is 2.27. The molecule has 1 aliphatic rings. The number of ether oxygens (including phenoxy) is 1. The molecule has 1 aromatic heterocycles. The van der Waals surface area contributed by atoms with Crippen molar-refractivity contribution in [1.82, 2.24) is 20.2 Å². The molecule has 0 saturated carbocycles. The van der Waals surface area contributed by atoms with E-state index >= 15 is 0 Å². The number of amides is 2. The predicted molar refractivity (Wildman–Crippen MR) is 150 cm³/mol. The second kappa shape index (κ2) is 16.5. The van der Waals surface area contributed by atoms with Crippen LogP contribution in [-0.2, 0) is 29.0 Å². The van der Waals surface area contributed by atoms with Crippen LogP contribution < -0.4 is 10.1 Å². The number of benzene rings is 1. The van der Waals surface area contributed by atoms with E-state index in [2.05, 4.69) is 35.2 Å². The van der Waals surface area contributed by atoms with E-state index in [1.165, 1.54) is 24.2 Å². The van der Waals surface area contributed by atoms with Crippen molar-refractivity contribution < 1.29 is 24.2 Å². The van der Waals surface area contributed by atoms with E-state index in [-0.39, 0.29) is 18.0 Å². The number of hydrogen-bond acceptors (Lipinski definition) is 6. The third kappa shape index (κ3) is 10.2. The summed E-state index contributed by atoms with van der Waals surface area (Å²) in [5, 5.41) is 11.8. The Labute approximate surface area is 230 Å². The highest BCUT2D eigenvalue weighted by molar-refractivity contribution is 5.92. The first-order valence-corrected chi connectivity index (χ1v) is 13.0. The van der Waals surface area contributed by atoms with Gasteiger partial charge >= 0.3 is 5.97 Å². The molecule has 0 aliphatic carbocycles. The van der Waals surface area contributed by atoms with E-state index in [9.17, 15) is 14.4 Å². The molecule has 2 N–H and O–H groups in total. The molecular formula is C30H38N4O5. The molecule has 9 nitrogen and oxygen atoms in total. The van der Waals surface area contributed by atoms with Crippen molar-refractivity contribution >= 4 is 18.3 Å². The zero-order valence-electron chi connectivity index (χ0n) is 23.1. The van der Waals surface area contributed by atoms with Crippen molar-refractivity contribution in [3.8, 4) is 5.75 Å². The molecule has 2 aromatic rings. The number of nitrogens with zero attached hydrogens (tertiary/aromatic N) is 3. The lowest BCUT2D eigenvalue weighted by atomic mass is 9.91. The van der Waals surface area contributed by atoms with E-state index < -0.39 is 5.97 Å². The third-order valence-electron chi connectivity index (χ3n) is 5.99. The maximum Gasteiger partial charge on any atom is 0.303 e. The number of carboxylic acids is 1. The average molecular weight is 535 g/mol. The summed E-state index contributed by atoms with van der Waals surface area (Å²) in [6.45, 7) is 9.24. The van der Waals surface area contributed by atoms with Crippen LogP contribution in [0.2, 0.25) is 0 Å². The molecule has 2 amide bonds. The quantitative estimate of drug-likeness (QED) is 0.318. The Morgan fingerprint density at radius 1 is 1.15 bits per heavy atom. The molecule has 0 spiro atoms. The highest BCUT2D eigenvalue weighted by atomic mass is 16.5. The molecular weight excluding hydrogens is 496 g/mol. The van der Waals surface area contributed by atoms with Gasteiger partial charge in [-0.25, -0.2) is 4.98 Å². The summed E-state index contributed by atoms with van der Waals surface area (Å²) in [6.07, 6.45) is 14.5. The standard InChI is InChI=1S/C23H26N4O5.C7H12/c1-2-17(26-15-28)8-12-32-21-5-3-16(4-6-22(29)30)19-14-27(11-7-18(19)21)23(31)20-13-24-9-10-25-20;1-4-5-6-7(2)3/h2-3,5,9-10,13,15H,4,6-8,11-12,14H2,1H3,(H,26,28)(H,29,30);4-6H,1-3H3/b17-2+;5-4-. The Morgan fingerprint density at radius 3 is 2.54 bits per heavy atom. The molecule has 39 heavy (non-hydrogen) atoms. The van der Waals surface area contributed by atoms with Gasteiger partial charge in [-0.05, 0) is 57.7 Å². The molecule has 208 valence electrons. The van der Waals surface area contributed by atoms with Crippen LogP contribution in [0.15, 0.2) is 66.3 Å². The van der Waals surface area contributed by atoms with Crippen molar-refractivity contribution in [1.29, 1.82) is 0 Å². The normalized spacial score (nSPS) is 12.6. The Balaban J connectivity index is 0.000000673. The van der Waals surface area contributed by atoms with Crippen molar-refractivity contribution in [2.75, 3.05) is 13.2 Å². The Kier molecular flexibility index (Phi) is 13.1. The monoisotopic (exact) mass is 534 g/mol. The van der Waals surface area contributed by atoms with Gasteiger partial charge in [0.05, 0.1) is 12.8 Å². The predicted octanol–water partition coefficient (Wildman–Crippen LogP) is 4.64. The van der Waals surface area contributed by atoms with E-state index in [1.807, 2.05) is 44.2 Å². The van der Waals surface area contributed by atoms with Crippen LogP contribution in [0.1, 0.15) is 67.7 Å². The van der Waals surface area contributed by atoms with Crippen LogP contribution in [0, 0.1) is 0 Å². The molecule has 0 saturated heterocycles. The van der Waals surface area contributed by atoms with E-state index in [4.69, 9.17) is 9.84 Å².